The third-order valence-electron chi connectivity index (χ3n) is 3.22. The fourth-order valence-electron chi connectivity index (χ4n) is 2.44. The maximum atomic E-state index is 11.6. The quantitative estimate of drug-likeness (QED) is 0.860. The molecule has 17 heavy (non-hydrogen) atoms. The van der Waals surface area contributed by atoms with Crippen LogP contribution in [-0.4, -0.2) is 5.91 Å². The van der Waals surface area contributed by atoms with Gasteiger partial charge in [-0.25, -0.2) is 0 Å². The normalized spacial score (nSPS) is 10.7. The van der Waals surface area contributed by atoms with Crippen molar-refractivity contribution < 1.29 is 4.79 Å². The molecule has 0 heterocycles. The molecular weight excluding hydrogens is 210 g/mol. The lowest BCUT2D eigenvalue weighted by molar-refractivity contribution is 0.0998. The molecule has 0 aliphatic heterocycles. The second-order valence-electron chi connectivity index (χ2n) is 4.18. The molecule has 2 heteroatoms. The number of nitrogens with two attached hydrogens (primary N) is 1. The van der Waals surface area contributed by atoms with Crippen molar-refractivity contribution in [3.63, 3.8) is 0 Å². The number of hydrogen-bond donors (Lipinski definition) is 1. The Kier molecular flexibility index (Phi) is 3.14. The average Bonchev–Trinajstić information content (AvgIpc) is 2.35. The molecule has 0 aliphatic rings. The number of aryl methyl sites for hydroxylation is 2. The fourth-order valence-corrected chi connectivity index (χ4v) is 2.44. The van der Waals surface area contributed by atoms with Crippen molar-refractivity contribution >= 4 is 16.7 Å². The lowest BCUT2D eigenvalue weighted by Crippen LogP contribution is -2.16. The zero-order chi connectivity index (χ0) is 12.4. The van der Waals surface area contributed by atoms with Crippen LogP contribution in [0.5, 0.6) is 0 Å². The van der Waals surface area contributed by atoms with Crippen molar-refractivity contribution in [3.05, 3.63) is 47.0 Å². The number of carbonyl (C=O) groups is 1. The molecule has 0 atom stereocenters. The van der Waals surface area contributed by atoms with Gasteiger partial charge in [-0.15, -0.1) is 0 Å². The summed E-state index contributed by atoms with van der Waals surface area (Å²) in [6, 6.07) is 10.2. The third kappa shape index (κ3) is 1.91. The molecule has 2 N–H and O–H groups in total. The number of primary amides is 1. The Labute approximate surface area is 101 Å². The molecule has 0 saturated carbocycles. The van der Waals surface area contributed by atoms with E-state index in [0.717, 1.165) is 29.4 Å². The van der Waals surface area contributed by atoms with E-state index >= 15 is 0 Å². The van der Waals surface area contributed by atoms with Gasteiger partial charge in [0.05, 0.1) is 0 Å². The summed E-state index contributed by atoms with van der Waals surface area (Å²) in [6.07, 6.45) is 1.66. The van der Waals surface area contributed by atoms with Crippen molar-refractivity contribution in [1.82, 2.24) is 0 Å². The molecular formula is C15H17NO. The maximum Gasteiger partial charge on any atom is 0.249 e. The van der Waals surface area contributed by atoms with Gasteiger partial charge in [0.25, 0.3) is 0 Å². The summed E-state index contributed by atoms with van der Waals surface area (Å²) in [6.45, 7) is 4.11. The smallest absolute Gasteiger partial charge is 0.249 e. The Bertz CT molecular complexity index is 572. The van der Waals surface area contributed by atoms with E-state index in [1.165, 1.54) is 5.39 Å². The van der Waals surface area contributed by atoms with Crippen LogP contribution in [0.3, 0.4) is 0 Å². The average molecular weight is 227 g/mol. The first-order valence-corrected chi connectivity index (χ1v) is 6.02. The molecule has 2 nitrogen and oxygen atoms in total. The monoisotopic (exact) mass is 227 g/mol. The standard InChI is InChI=1S/C15H17NO/c1-3-10-9-11-7-5-6-8-13(11)12(4-2)14(10)15(16)17/h5-9H,3-4H2,1-2H3,(H2,16,17). The number of carbonyl (C=O) groups excluding carboxylic acids is 1. The molecule has 2 aromatic rings. The largest absolute Gasteiger partial charge is 0.366 e. The molecule has 2 aromatic carbocycles. The minimum Gasteiger partial charge on any atom is -0.366 e. The Morgan fingerprint density at radius 3 is 2.47 bits per heavy atom. The number of benzene rings is 2. The lowest BCUT2D eigenvalue weighted by atomic mass is 9.91. The fraction of sp³-hybridized carbons (Fsp3) is 0.267. The summed E-state index contributed by atoms with van der Waals surface area (Å²) >= 11 is 0. The highest BCUT2D eigenvalue weighted by atomic mass is 16.1. The lowest BCUT2D eigenvalue weighted by Gasteiger charge is -2.13. The predicted molar refractivity (Wildman–Crippen MR) is 71.2 cm³/mol. The minimum absolute atomic E-state index is 0.315. The van der Waals surface area contributed by atoms with Gasteiger partial charge in [0.2, 0.25) is 5.91 Å². The molecule has 2 rings (SSSR count). The number of hydrogen-bond acceptors (Lipinski definition) is 1. The molecule has 0 aromatic heterocycles. The van der Waals surface area contributed by atoms with Crippen LogP contribution in [0.15, 0.2) is 30.3 Å². The third-order valence-corrected chi connectivity index (χ3v) is 3.22. The van der Waals surface area contributed by atoms with E-state index in [-0.39, 0.29) is 5.91 Å². The summed E-state index contributed by atoms with van der Waals surface area (Å²) in [4.78, 5) is 11.6. The molecule has 88 valence electrons. The van der Waals surface area contributed by atoms with Crippen LogP contribution in [0.4, 0.5) is 0 Å². The number of amides is 1. The Morgan fingerprint density at radius 1 is 1.18 bits per heavy atom. The highest BCUT2D eigenvalue weighted by Crippen LogP contribution is 2.26. The van der Waals surface area contributed by atoms with Crippen LogP contribution in [0.1, 0.15) is 35.3 Å². The van der Waals surface area contributed by atoms with Gasteiger partial charge in [0, 0.05) is 5.56 Å². The molecule has 0 radical (unpaired) electrons. The summed E-state index contributed by atoms with van der Waals surface area (Å²) < 4.78 is 0. The topological polar surface area (TPSA) is 43.1 Å². The maximum absolute atomic E-state index is 11.6. The summed E-state index contributed by atoms with van der Waals surface area (Å²) in [5.41, 5.74) is 8.36. The molecule has 0 bridgehead atoms. The molecule has 0 unspecified atom stereocenters. The van der Waals surface area contributed by atoms with E-state index in [4.69, 9.17) is 5.73 Å². The van der Waals surface area contributed by atoms with Gasteiger partial charge in [-0.3, -0.25) is 4.79 Å². The van der Waals surface area contributed by atoms with Gasteiger partial charge < -0.3 is 5.73 Å². The van der Waals surface area contributed by atoms with Crippen LogP contribution in [0.2, 0.25) is 0 Å². The van der Waals surface area contributed by atoms with Gasteiger partial charge >= 0.3 is 0 Å². The van der Waals surface area contributed by atoms with Crippen molar-refractivity contribution in [2.75, 3.05) is 0 Å². The predicted octanol–water partition coefficient (Wildman–Crippen LogP) is 3.06. The number of rotatable bonds is 3. The number of fused-ring (bicyclic) bond motifs is 1. The Hall–Kier alpha value is -1.83. The van der Waals surface area contributed by atoms with E-state index < -0.39 is 0 Å². The van der Waals surface area contributed by atoms with Crippen molar-refractivity contribution in [3.8, 4) is 0 Å². The molecule has 0 saturated heterocycles. The van der Waals surface area contributed by atoms with Crippen molar-refractivity contribution in [2.45, 2.75) is 26.7 Å². The second kappa shape index (κ2) is 4.58. The van der Waals surface area contributed by atoms with E-state index in [2.05, 4.69) is 32.0 Å². The van der Waals surface area contributed by atoms with Crippen molar-refractivity contribution in [2.24, 2.45) is 5.73 Å². The first-order valence-electron chi connectivity index (χ1n) is 6.02. The minimum atomic E-state index is -0.315. The molecule has 0 spiro atoms. The van der Waals surface area contributed by atoms with E-state index in [1.54, 1.807) is 0 Å². The van der Waals surface area contributed by atoms with Crippen LogP contribution < -0.4 is 5.73 Å². The summed E-state index contributed by atoms with van der Waals surface area (Å²) in [5, 5.41) is 2.33. The van der Waals surface area contributed by atoms with Gasteiger partial charge in [0.15, 0.2) is 0 Å². The van der Waals surface area contributed by atoms with Gasteiger partial charge in [-0.2, -0.15) is 0 Å². The van der Waals surface area contributed by atoms with Gasteiger partial charge in [0.1, 0.15) is 0 Å². The second-order valence-corrected chi connectivity index (χ2v) is 4.18. The highest BCUT2D eigenvalue weighted by Gasteiger charge is 2.15. The summed E-state index contributed by atoms with van der Waals surface area (Å²) in [5.74, 6) is -0.315. The van der Waals surface area contributed by atoms with Gasteiger partial charge in [-0.1, -0.05) is 44.2 Å². The van der Waals surface area contributed by atoms with E-state index in [9.17, 15) is 4.79 Å². The highest BCUT2D eigenvalue weighted by molar-refractivity contribution is 6.02. The Balaban J connectivity index is 2.89. The van der Waals surface area contributed by atoms with Crippen molar-refractivity contribution in [1.29, 1.82) is 0 Å². The summed E-state index contributed by atoms with van der Waals surface area (Å²) in [7, 11) is 0. The molecule has 0 aliphatic carbocycles. The first-order chi connectivity index (χ1) is 8.19. The molecule has 1 amide bonds. The SMILES string of the molecule is CCc1cc2ccccc2c(CC)c1C(N)=O. The van der Waals surface area contributed by atoms with E-state index in [1.807, 2.05) is 12.1 Å². The van der Waals surface area contributed by atoms with Crippen LogP contribution in [-0.2, 0) is 12.8 Å². The Morgan fingerprint density at radius 2 is 1.88 bits per heavy atom. The van der Waals surface area contributed by atoms with Crippen LogP contribution in [0, 0.1) is 0 Å². The first kappa shape index (κ1) is 11.6. The molecule has 0 fully saturated rings. The van der Waals surface area contributed by atoms with Gasteiger partial charge in [-0.05, 0) is 34.7 Å². The van der Waals surface area contributed by atoms with Crippen LogP contribution in [0.25, 0.3) is 10.8 Å². The zero-order valence-corrected chi connectivity index (χ0v) is 10.3. The zero-order valence-electron chi connectivity index (χ0n) is 10.3. The van der Waals surface area contributed by atoms with Crippen LogP contribution >= 0.6 is 0 Å². The van der Waals surface area contributed by atoms with E-state index in [0.29, 0.717) is 5.56 Å².